The first-order chi connectivity index (χ1) is 11.0. The minimum absolute atomic E-state index is 0.378. The van der Waals surface area contributed by atoms with Gasteiger partial charge in [-0.1, -0.05) is 0 Å². The molecule has 1 unspecified atom stereocenters. The molecule has 3 heterocycles. The molecule has 0 aromatic carbocycles. The van der Waals surface area contributed by atoms with Crippen molar-refractivity contribution in [3.05, 3.63) is 35.7 Å². The maximum absolute atomic E-state index is 6.13. The summed E-state index contributed by atoms with van der Waals surface area (Å²) in [7, 11) is 0. The predicted octanol–water partition coefficient (Wildman–Crippen LogP) is 3.92. The number of rotatable bonds is 5. The van der Waals surface area contributed by atoms with E-state index in [0.29, 0.717) is 0 Å². The van der Waals surface area contributed by atoms with Crippen LogP contribution < -0.4 is 0 Å². The second kappa shape index (κ2) is 5.98. The van der Waals surface area contributed by atoms with Gasteiger partial charge in [0, 0.05) is 26.8 Å². The lowest BCUT2D eigenvalue weighted by atomic mass is 9.90. The summed E-state index contributed by atoms with van der Waals surface area (Å²) >= 11 is 0. The first-order valence-corrected chi connectivity index (χ1v) is 8.29. The van der Waals surface area contributed by atoms with Crippen molar-refractivity contribution in [2.24, 2.45) is 0 Å². The molecule has 4 nitrogen and oxygen atoms in total. The highest BCUT2D eigenvalue weighted by molar-refractivity contribution is 5.31. The molecule has 0 bridgehead atoms. The van der Waals surface area contributed by atoms with Crippen LogP contribution in [0.2, 0.25) is 0 Å². The van der Waals surface area contributed by atoms with Crippen LogP contribution in [0.25, 0.3) is 0 Å². The molecule has 1 atom stereocenters. The van der Waals surface area contributed by atoms with Gasteiger partial charge < -0.3 is 13.9 Å². The van der Waals surface area contributed by atoms with Crippen molar-refractivity contribution in [2.75, 3.05) is 13.1 Å². The number of nitrogens with zero attached hydrogens (tertiary/aromatic N) is 1. The van der Waals surface area contributed by atoms with Crippen molar-refractivity contribution in [3.63, 3.8) is 0 Å². The van der Waals surface area contributed by atoms with Crippen LogP contribution in [0.4, 0.5) is 0 Å². The van der Waals surface area contributed by atoms with E-state index < -0.39 is 5.79 Å². The molecule has 4 heteroatoms. The monoisotopic (exact) mass is 315 g/mol. The molecule has 1 aromatic heterocycles. The minimum atomic E-state index is -0.628. The van der Waals surface area contributed by atoms with Crippen LogP contribution in [0.5, 0.6) is 0 Å². The van der Waals surface area contributed by atoms with Gasteiger partial charge in [0.25, 0.3) is 0 Å². The highest BCUT2D eigenvalue weighted by Gasteiger charge is 2.52. The molecule has 2 aliphatic rings. The maximum Gasteiger partial charge on any atom is 0.244 e. The van der Waals surface area contributed by atoms with Gasteiger partial charge in [0.05, 0.1) is 6.26 Å². The van der Waals surface area contributed by atoms with Crippen molar-refractivity contribution < 1.29 is 13.9 Å². The Bertz CT molecular complexity index is 637. The molecule has 2 aliphatic heterocycles. The first kappa shape index (κ1) is 16.0. The lowest BCUT2D eigenvalue weighted by Gasteiger charge is -2.37. The van der Waals surface area contributed by atoms with Crippen molar-refractivity contribution >= 4 is 0 Å². The van der Waals surface area contributed by atoms with Crippen molar-refractivity contribution in [1.82, 2.24) is 4.90 Å². The van der Waals surface area contributed by atoms with Crippen molar-refractivity contribution in [3.8, 4) is 12.3 Å². The van der Waals surface area contributed by atoms with Crippen molar-refractivity contribution in [1.29, 1.82) is 0 Å². The lowest BCUT2D eigenvalue weighted by molar-refractivity contribution is -0.129. The third-order valence-electron chi connectivity index (χ3n) is 4.61. The van der Waals surface area contributed by atoms with Crippen LogP contribution in [0.3, 0.4) is 0 Å². The standard InChI is InChI=1S/C19H25NO3/c1-5-6-7-10-20-11-8-9-19(20,16-12-15(2)13-21-16)17-14-22-18(3,4)23-17/h1,12-14H,6-11H2,2-4H3. The molecule has 0 N–H and O–H groups in total. The van der Waals surface area contributed by atoms with Crippen LogP contribution >= 0.6 is 0 Å². The Hall–Kier alpha value is -1.86. The fourth-order valence-corrected chi connectivity index (χ4v) is 3.57. The van der Waals surface area contributed by atoms with E-state index in [0.717, 1.165) is 55.9 Å². The molecule has 0 radical (unpaired) electrons. The number of hydrogen-bond donors (Lipinski definition) is 0. The van der Waals surface area contributed by atoms with Gasteiger partial charge in [-0.05, 0) is 44.4 Å². The summed E-state index contributed by atoms with van der Waals surface area (Å²) in [5.41, 5.74) is 0.741. The quantitative estimate of drug-likeness (QED) is 0.609. The highest BCUT2D eigenvalue weighted by atomic mass is 16.7. The molecule has 1 aromatic rings. The number of aryl methyl sites for hydroxylation is 1. The van der Waals surface area contributed by atoms with Gasteiger partial charge in [-0.2, -0.15) is 0 Å². The number of furan rings is 1. The molecule has 23 heavy (non-hydrogen) atoms. The number of hydrogen-bond acceptors (Lipinski definition) is 4. The van der Waals surface area contributed by atoms with Crippen LogP contribution in [-0.2, 0) is 15.0 Å². The van der Waals surface area contributed by atoms with Crippen molar-refractivity contribution in [2.45, 2.75) is 57.8 Å². The summed E-state index contributed by atoms with van der Waals surface area (Å²) in [5, 5.41) is 0. The Labute approximate surface area is 138 Å². The van der Waals surface area contributed by atoms with Gasteiger partial charge in [0.15, 0.2) is 5.76 Å². The fourth-order valence-electron chi connectivity index (χ4n) is 3.57. The third-order valence-corrected chi connectivity index (χ3v) is 4.61. The van der Waals surface area contributed by atoms with E-state index in [4.69, 9.17) is 20.3 Å². The van der Waals surface area contributed by atoms with E-state index in [1.807, 2.05) is 20.8 Å². The molecule has 3 rings (SSSR count). The van der Waals surface area contributed by atoms with Gasteiger partial charge in [-0.3, -0.25) is 4.90 Å². The molecule has 0 saturated carbocycles. The fraction of sp³-hybridized carbons (Fsp3) is 0.579. The SMILES string of the molecule is C#CCCCN1CCCC1(C1=COC(C)(C)O1)c1cc(C)co1. The number of unbranched alkanes of at least 4 members (excludes halogenated alkanes) is 1. The average Bonchev–Trinajstić information content (AvgIpc) is 3.18. The average molecular weight is 315 g/mol. The Morgan fingerprint density at radius 1 is 1.39 bits per heavy atom. The van der Waals surface area contributed by atoms with Gasteiger partial charge in [-0.15, -0.1) is 12.3 Å². The first-order valence-electron chi connectivity index (χ1n) is 8.29. The number of terminal acetylenes is 1. The van der Waals surface area contributed by atoms with Crippen LogP contribution in [0, 0.1) is 19.3 Å². The minimum Gasteiger partial charge on any atom is -0.467 e. The topological polar surface area (TPSA) is 34.8 Å². The summed E-state index contributed by atoms with van der Waals surface area (Å²) in [6, 6.07) is 2.11. The van der Waals surface area contributed by atoms with Crippen LogP contribution in [-0.4, -0.2) is 23.8 Å². The van der Waals surface area contributed by atoms with Gasteiger partial charge in [0.1, 0.15) is 17.6 Å². The third kappa shape index (κ3) is 2.86. The molecular formula is C19H25NO3. The Kier molecular flexibility index (Phi) is 4.16. The molecule has 1 saturated heterocycles. The summed E-state index contributed by atoms with van der Waals surface area (Å²) in [4.78, 5) is 2.43. The Balaban J connectivity index is 1.95. The zero-order chi connectivity index (χ0) is 16.5. The predicted molar refractivity (Wildman–Crippen MR) is 88.3 cm³/mol. The largest absolute Gasteiger partial charge is 0.467 e. The zero-order valence-electron chi connectivity index (χ0n) is 14.2. The summed E-state index contributed by atoms with van der Waals surface area (Å²) in [6.07, 6.45) is 12.8. The van der Waals surface area contributed by atoms with E-state index in [-0.39, 0.29) is 5.54 Å². The lowest BCUT2D eigenvalue weighted by Crippen LogP contribution is -2.44. The van der Waals surface area contributed by atoms with Crippen LogP contribution in [0.15, 0.2) is 28.8 Å². The highest BCUT2D eigenvalue weighted by Crippen LogP contribution is 2.49. The van der Waals surface area contributed by atoms with E-state index >= 15 is 0 Å². The molecular weight excluding hydrogens is 290 g/mol. The normalized spacial score (nSPS) is 26.4. The van der Waals surface area contributed by atoms with E-state index in [1.54, 1.807) is 12.5 Å². The number of likely N-dealkylation sites (tertiary alicyclic amines) is 1. The van der Waals surface area contributed by atoms with Gasteiger partial charge in [-0.25, -0.2) is 0 Å². The Morgan fingerprint density at radius 3 is 2.83 bits per heavy atom. The second-order valence-electron chi connectivity index (χ2n) is 6.85. The molecule has 0 aliphatic carbocycles. The Morgan fingerprint density at radius 2 is 2.22 bits per heavy atom. The summed E-state index contributed by atoms with van der Waals surface area (Å²) < 4.78 is 17.8. The summed E-state index contributed by atoms with van der Waals surface area (Å²) in [5.74, 6) is 3.87. The zero-order valence-corrected chi connectivity index (χ0v) is 14.2. The van der Waals surface area contributed by atoms with E-state index in [2.05, 4.69) is 16.9 Å². The summed E-state index contributed by atoms with van der Waals surface area (Å²) in [6.45, 7) is 7.82. The molecule has 124 valence electrons. The van der Waals surface area contributed by atoms with E-state index in [9.17, 15) is 0 Å². The maximum atomic E-state index is 6.13. The second-order valence-corrected chi connectivity index (χ2v) is 6.85. The van der Waals surface area contributed by atoms with Gasteiger partial charge in [0.2, 0.25) is 5.79 Å². The van der Waals surface area contributed by atoms with Gasteiger partial charge >= 0.3 is 0 Å². The van der Waals surface area contributed by atoms with Crippen LogP contribution in [0.1, 0.15) is 50.9 Å². The molecule has 1 fully saturated rings. The smallest absolute Gasteiger partial charge is 0.244 e. The number of ether oxygens (including phenoxy) is 2. The molecule has 0 amide bonds. The molecule has 0 spiro atoms. The van der Waals surface area contributed by atoms with E-state index in [1.165, 1.54) is 0 Å².